The topological polar surface area (TPSA) is 0 Å². The highest BCUT2D eigenvalue weighted by molar-refractivity contribution is 7.31. The normalized spacial score (nSPS) is 18.5. The van der Waals surface area contributed by atoms with Gasteiger partial charge in [-0.2, -0.15) is 0 Å². The monoisotopic (exact) mass is 240 g/mol. The van der Waals surface area contributed by atoms with Crippen LogP contribution in [0.4, 0.5) is 0 Å². The van der Waals surface area contributed by atoms with E-state index in [0.717, 1.165) is 14.6 Å². The van der Waals surface area contributed by atoms with Gasteiger partial charge in [0.2, 0.25) is 0 Å². The zero-order valence-electron chi connectivity index (χ0n) is 10.3. The fourth-order valence-electron chi connectivity index (χ4n) is 2.75. The highest BCUT2D eigenvalue weighted by Gasteiger charge is 2.23. The predicted octanol–water partition coefficient (Wildman–Crippen LogP) is 4.94. The first-order valence-corrected chi connectivity index (χ1v) is 7.36. The van der Waals surface area contributed by atoms with E-state index < -0.39 is 0 Å². The molecule has 1 aliphatic carbocycles. The second kappa shape index (κ2) is 4.20. The molecular formula is C16H17P. The van der Waals surface area contributed by atoms with Crippen LogP contribution in [0.25, 0.3) is 11.6 Å². The summed E-state index contributed by atoms with van der Waals surface area (Å²) in [6.45, 7) is 4.59. The Labute approximate surface area is 104 Å². The molecule has 1 heteroatoms. The Morgan fingerprint density at radius 2 is 2.00 bits per heavy atom. The van der Waals surface area contributed by atoms with Crippen LogP contribution in [-0.4, -0.2) is 0 Å². The van der Waals surface area contributed by atoms with E-state index in [4.69, 9.17) is 0 Å². The summed E-state index contributed by atoms with van der Waals surface area (Å²) < 4.78 is 0. The summed E-state index contributed by atoms with van der Waals surface area (Å²) in [4.78, 5) is 0. The molecule has 17 heavy (non-hydrogen) atoms. The van der Waals surface area contributed by atoms with Gasteiger partial charge in [-0.25, -0.2) is 0 Å². The second-order valence-corrected chi connectivity index (χ2v) is 5.80. The van der Waals surface area contributed by atoms with Crippen molar-refractivity contribution < 1.29 is 0 Å². The van der Waals surface area contributed by atoms with Crippen molar-refractivity contribution in [3.63, 3.8) is 0 Å². The minimum Gasteiger partial charge on any atom is -0.132 e. The van der Waals surface area contributed by atoms with Gasteiger partial charge in [0.25, 0.3) is 0 Å². The number of aryl methyl sites for hydroxylation is 1. The lowest BCUT2D eigenvalue weighted by Crippen LogP contribution is -1.93. The van der Waals surface area contributed by atoms with Crippen LogP contribution in [0.2, 0.25) is 0 Å². The number of allylic oxidation sites excluding steroid dienone is 1. The molecule has 0 saturated carbocycles. The molecule has 0 N–H and O–H groups in total. The van der Waals surface area contributed by atoms with Gasteiger partial charge >= 0.3 is 0 Å². The molecule has 0 aliphatic heterocycles. The molecule has 0 amide bonds. The third kappa shape index (κ3) is 1.68. The minimum atomic E-state index is 0.565. The summed E-state index contributed by atoms with van der Waals surface area (Å²) in [5.74, 6) is 2.89. The van der Waals surface area contributed by atoms with Crippen molar-refractivity contribution in [2.75, 3.05) is 0 Å². The molecule has 1 aliphatic rings. The highest BCUT2D eigenvalue weighted by Crippen LogP contribution is 2.45. The van der Waals surface area contributed by atoms with Gasteiger partial charge in [-0.05, 0) is 45.9 Å². The molecule has 1 aromatic carbocycles. The van der Waals surface area contributed by atoms with E-state index >= 15 is 0 Å². The van der Waals surface area contributed by atoms with E-state index in [1.807, 2.05) is 0 Å². The maximum atomic E-state index is 2.39. The van der Waals surface area contributed by atoms with Gasteiger partial charge in [0.15, 0.2) is 0 Å². The minimum absolute atomic E-state index is 0.565. The van der Waals surface area contributed by atoms with Crippen LogP contribution in [0.1, 0.15) is 41.8 Å². The summed E-state index contributed by atoms with van der Waals surface area (Å²) in [6, 6.07) is 11.1. The largest absolute Gasteiger partial charge is 0.132 e. The number of fused-ring (bicyclic) bond motifs is 1. The average Bonchev–Trinajstić information content (AvgIpc) is 2.94. The van der Waals surface area contributed by atoms with Gasteiger partial charge in [0, 0.05) is 5.92 Å². The Kier molecular flexibility index (Phi) is 2.68. The molecule has 0 radical (unpaired) electrons. The molecule has 0 saturated heterocycles. The first-order valence-electron chi connectivity index (χ1n) is 6.28. The fraction of sp³-hybridized carbons (Fsp3) is 0.250. The third-order valence-corrected chi connectivity index (χ3v) is 4.97. The first kappa shape index (κ1) is 10.9. The zero-order chi connectivity index (χ0) is 11.8. The Bertz CT molecular complexity index is 575. The molecule has 2 aromatic rings. The van der Waals surface area contributed by atoms with Crippen molar-refractivity contribution in [2.24, 2.45) is 0 Å². The van der Waals surface area contributed by atoms with Gasteiger partial charge in [-0.15, -0.1) is 8.19 Å². The van der Waals surface area contributed by atoms with Crippen LogP contribution in [0, 0.1) is 0 Å². The smallest absolute Gasteiger partial charge is 0.00763 e. The fourth-order valence-corrected chi connectivity index (χ4v) is 4.10. The van der Waals surface area contributed by atoms with Crippen molar-refractivity contribution in [3.8, 4) is 0 Å². The lowest BCUT2D eigenvalue weighted by atomic mass is 9.95. The van der Waals surface area contributed by atoms with E-state index in [9.17, 15) is 0 Å². The molecule has 86 valence electrons. The van der Waals surface area contributed by atoms with Crippen LogP contribution in [0.5, 0.6) is 0 Å². The third-order valence-electron chi connectivity index (χ3n) is 3.74. The molecule has 0 spiro atoms. The van der Waals surface area contributed by atoms with E-state index in [-0.39, 0.29) is 0 Å². The van der Waals surface area contributed by atoms with Crippen molar-refractivity contribution in [1.82, 2.24) is 0 Å². The SMILES string of the molecule is CCc1cc[pH]c1C1=Cc2ccccc2C1C. The molecule has 1 aromatic heterocycles. The van der Waals surface area contributed by atoms with E-state index in [0.29, 0.717) is 5.92 Å². The summed E-state index contributed by atoms with van der Waals surface area (Å²) >= 11 is 0. The van der Waals surface area contributed by atoms with E-state index in [1.165, 1.54) is 16.7 Å². The second-order valence-electron chi connectivity index (χ2n) is 4.68. The Hall–Kier alpha value is -1.26. The van der Waals surface area contributed by atoms with E-state index in [2.05, 4.69) is 56.1 Å². The number of benzene rings is 1. The van der Waals surface area contributed by atoms with Gasteiger partial charge in [0.1, 0.15) is 0 Å². The quantitative estimate of drug-likeness (QED) is 0.697. The number of hydrogen-bond acceptors (Lipinski definition) is 0. The molecule has 0 nitrogen and oxygen atoms in total. The number of hydrogen-bond donors (Lipinski definition) is 0. The maximum absolute atomic E-state index is 2.39. The van der Waals surface area contributed by atoms with Crippen LogP contribution in [-0.2, 0) is 6.42 Å². The number of rotatable bonds is 2. The average molecular weight is 240 g/mol. The van der Waals surface area contributed by atoms with Gasteiger partial charge in [-0.3, -0.25) is 0 Å². The van der Waals surface area contributed by atoms with Crippen molar-refractivity contribution in [2.45, 2.75) is 26.2 Å². The lowest BCUT2D eigenvalue weighted by molar-refractivity contribution is 1.01. The summed E-state index contributed by atoms with van der Waals surface area (Å²) in [6.07, 6.45) is 3.55. The Morgan fingerprint density at radius 1 is 1.18 bits per heavy atom. The zero-order valence-corrected chi connectivity index (χ0v) is 11.3. The predicted molar refractivity (Wildman–Crippen MR) is 78.0 cm³/mol. The first-order chi connectivity index (χ1) is 8.31. The molecule has 0 fully saturated rings. The van der Waals surface area contributed by atoms with E-state index in [1.54, 1.807) is 10.9 Å². The molecule has 0 bridgehead atoms. The summed E-state index contributed by atoms with van der Waals surface area (Å²) in [5, 5.41) is 1.59. The van der Waals surface area contributed by atoms with Crippen molar-refractivity contribution in [3.05, 3.63) is 58.1 Å². The summed E-state index contributed by atoms with van der Waals surface area (Å²) in [5.41, 5.74) is 5.98. The molecule has 2 atom stereocenters. The van der Waals surface area contributed by atoms with Crippen LogP contribution in [0.3, 0.4) is 0 Å². The van der Waals surface area contributed by atoms with Crippen LogP contribution < -0.4 is 0 Å². The molecular weight excluding hydrogens is 223 g/mol. The molecule has 2 unspecified atom stereocenters. The van der Waals surface area contributed by atoms with Gasteiger partial charge in [0.05, 0.1) is 0 Å². The molecule has 1 heterocycles. The maximum Gasteiger partial charge on any atom is 0.00763 e. The lowest BCUT2D eigenvalue weighted by Gasteiger charge is -2.11. The highest BCUT2D eigenvalue weighted by atomic mass is 31.0. The van der Waals surface area contributed by atoms with Crippen molar-refractivity contribution >= 4 is 19.8 Å². The molecule has 3 rings (SSSR count). The Morgan fingerprint density at radius 3 is 2.76 bits per heavy atom. The van der Waals surface area contributed by atoms with Gasteiger partial charge in [-0.1, -0.05) is 44.2 Å². The van der Waals surface area contributed by atoms with Crippen LogP contribution in [0.15, 0.2) is 36.1 Å². The van der Waals surface area contributed by atoms with Gasteiger partial charge < -0.3 is 0 Å². The summed E-state index contributed by atoms with van der Waals surface area (Å²) in [7, 11) is 0.865. The Balaban J connectivity index is 2.09. The van der Waals surface area contributed by atoms with Crippen LogP contribution >= 0.6 is 8.19 Å². The standard InChI is InChI=1S/C16H17P/c1-3-12-8-9-17-16(12)15-10-13-6-4-5-7-14(13)11(15)2/h4-11,17H,3H2,1-2H3. The van der Waals surface area contributed by atoms with Crippen molar-refractivity contribution in [1.29, 1.82) is 0 Å².